The molecule has 5 nitrogen and oxygen atoms in total. The molecule has 1 aromatic heterocycles. The fourth-order valence-electron chi connectivity index (χ4n) is 2.10. The van der Waals surface area contributed by atoms with Crippen molar-refractivity contribution in [1.29, 1.82) is 0 Å². The number of nitrogens with two attached hydrogens (primary N) is 1. The molecule has 0 fully saturated rings. The molecule has 5 heteroatoms. The molecule has 1 heterocycles. The minimum absolute atomic E-state index is 0.0417. The highest BCUT2D eigenvalue weighted by Crippen LogP contribution is 2.33. The lowest BCUT2D eigenvalue weighted by molar-refractivity contribution is 0.452. The molecule has 4 N–H and O–H groups in total. The van der Waals surface area contributed by atoms with Crippen molar-refractivity contribution in [1.82, 2.24) is 0 Å². The smallest absolute Gasteiger partial charge is 0.220 e. The zero-order valence-corrected chi connectivity index (χ0v) is 10.3. The summed E-state index contributed by atoms with van der Waals surface area (Å²) in [6.07, 6.45) is 0. The Kier molecular flexibility index (Phi) is 2.61. The van der Waals surface area contributed by atoms with E-state index in [1.165, 1.54) is 6.07 Å². The maximum atomic E-state index is 12.2. The van der Waals surface area contributed by atoms with Gasteiger partial charge in [0.1, 0.15) is 28.2 Å². The quantitative estimate of drug-likeness (QED) is 0.630. The van der Waals surface area contributed by atoms with Gasteiger partial charge in [0.25, 0.3) is 0 Å². The zero-order chi connectivity index (χ0) is 14.3. The molecule has 0 atom stereocenters. The molecule has 20 heavy (non-hydrogen) atoms. The van der Waals surface area contributed by atoms with E-state index in [4.69, 9.17) is 10.2 Å². The van der Waals surface area contributed by atoms with Crippen LogP contribution in [0.5, 0.6) is 11.5 Å². The van der Waals surface area contributed by atoms with E-state index in [2.05, 4.69) is 0 Å². The molecular formula is C15H11NO4. The van der Waals surface area contributed by atoms with E-state index in [0.29, 0.717) is 5.56 Å². The average molecular weight is 269 g/mol. The first-order valence-electron chi connectivity index (χ1n) is 5.91. The molecule has 0 aliphatic rings. The number of rotatable bonds is 1. The van der Waals surface area contributed by atoms with Crippen LogP contribution in [0.3, 0.4) is 0 Å². The van der Waals surface area contributed by atoms with Crippen molar-refractivity contribution in [3.8, 4) is 22.8 Å². The predicted molar refractivity (Wildman–Crippen MR) is 75.7 cm³/mol. The Labute approximate surface area is 113 Å². The molecule has 0 spiro atoms. The van der Waals surface area contributed by atoms with E-state index in [1.807, 2.05) is 6.07 Å². The third kappa shape index (κ3) is 1.76. The molecule has 0 radical (unpaired) electrons. The molecule has 0 aliphatic carbocycles. The summed E-state index contributed by atoms with van der Waals surface area (Å²) in [7, 11) is 0. The Hall–Kier alpha value is -2.95. The highest BCUT2D eigenvalue weighted by Gasteiger charge is 2.16. The van der Waals surface area contributed by atoms with E-state index < -0.39 is 5.43 Å². The van der Waals surface area contributed by atoms with Crippen LogP contribution in [0.25, 0.3) is 22.3 Å². The van der Waals surface area contributed by atoms with Gasteiger partial charge in [-0.3, -0.25) is 4.79 Å². The number of anilines is 1. The summed E-state index contributed by atoms with van der Waals surface area (Å²) in [6, 6.07) is 11.3. The minimum Gasteiger partial charge on any atom is -0.508 e. The maximum Gasteiger partial charge on any atom is 0.220 e. The number of hydrogen-bond acceptors (Lipinski definition) is 5. The molecule has 0 unspecified atom stereocenters. The lowest BCUT2D eigenvalue weighted by Gasteiger charge is -2.08. The standard InChI is InChI=1S/C15H11NO4/c16-13-14(19)12-10(18)6-9(17)7-11(12)20-15(13)8-4-2-1-3-5-8/h1-7,17-18H,16H2. The molecule has 3 rings (SSSR count). The van der Waals surface area contributed by atoms with Gasteiger partial charge in [-0.15, -0.1) is 0 Å². The van der Waals surface area contributed by atoms with Crippen LogP contribution in [-0.4, -0.2) is 10.2 Å². The molecule has 3 aromatic rings. The Morgan fingerprint density at radius 1 is 1.05 bits per heavy atom. The van der Waals surface area contributed by atoms with E-state index in [1.54, 1.807) is 24.3 Å². The van der Waals surface area contributed by atoms with Gasteiger partial charge in [-0.25, -0.2) is 0 Å². The van der Waals surface area contributed by atoms with Gasteiger partial charge in [0.05, 0.1) is 0 Å². The highest BCUT2D eigenvalue weighted by molar-refractivity contribution is 5.90. The van der Waals surface area contributed by atoms with E-state index in [9.17, 15) is 15.0 Å². The molecule has 100 valence electrons. The average Bonchev–Trinajstić information content (AvgIpc) is 2.43. The van der Waals surface area contributed by atoms with Gasteiger partial charge >= 0.3 is 0 Å². The van der Waals surface area contributed by atoms with Gasteiger partial charge in [0.15, 0.2) is 5.76 Å². The van der Waals surface area contributed by atoms with Gasteiger partial charge < -0.3 is 20.4 Å². The van der Waals surface area contributed by atoms with Crippen molar-refractivity contribution in [3.63, 3.8) is 0 Å². The van der Waals surface area contributed by atoms with Gasteiger partial charge in [-0.2, -0.15) is 0 Å². The molecule has 0 saturated heterocycles. The second-order valence-electron chi connectivity index (χ2n) is 4.38. The highest BCUT2D eigenvalue weighted by atomic mass is 16.3. The number of benzene rings is 2. The van der Waals surface area contributed by atoms with Crippen molar-refractivity contribution >= 4 is 16.7 Å². The van der Waals surface area contributed by atoms with Crippen LogP contribution in [0.15, 0.2) is 51.7 Å². The first kappa shape index (κ1) is 12.1. The number of nitrogen functional groups attached to an aromatic ring is 1. The van der Waals surface area contributed by atoms with Crippen molar-refractivity contribution in [2.75, 3.05) is 5.73 Å². The zero-order valence-electron chi connectivity index (χ0n) is 10.3. The monoisotopic (exact) mass is 269 g/mol. The topological polar surface area (TPSA) is 96.7 Å². The van der Waals surface area contributed by atoms with E-state index in [0.717, 1.165) is 6.07 Å². The van der Waals surface area contributed by atoms with Crippen LogP contribution < -0.4 is 11.2 Å². The molecule has 0 amide bonds. The second kappa shape index (κ2) is 4.31. The van der Waals surface area contributed by atoms with Crippen LogP contribution in [0.1, 0.15) is 0 Å². The molecule has 2 aromatic carbocycles. The molecule has 0 bridgehead atoms. The molecule has 0 aliphatic heterocycles. The summed E-state index contributed by atoms with van der Waals surface area (Å²) < 4.78 is 5.58. The summed E-state index contributed by atoms with van der Waals surface area (Å²) in [4.78, 5) is 12.2. The Balaban J connectivity index is 2.42. The fraction of sp³-hybridized carbons (Fsp3) is 0. The van der Waals surface area contributed by atoms with Crippen LogP contribution in [0, 0.1) is 0 Å². The second-order valence-corrected chi connectivity index (χ2v) is 4.38. The first-order valence-corrected chi connectivity index (χ1v) is 5.91. The third-order valence-corrected chi connectivity index (χ3v) is 3.03. The minimum atomic E-state index is -0.525. The SMILES string of the molecule is Nc1c(-c2ccccc2)oc2cc(O)cc(O)c2c1=O. The summed E-state index contributed by atoms with van der Waals surface area (Å²) >= 11 is 0. The van der Waals surface area contributed by atoms with Gasteiger partial charge in [0, 0.05) is 17.7 Å². The fourth-order valence-corrected chi connectivity index (χ4v) is 2.10. The van der Waals surface area contributed by atoms with Crippen LogP contribution in [-0.2, 0) is 0 Å². The Bertz CT molecular complexity index is 853. The summed E-state index contributed by atoms with van der Waals surface area (Å²) in [6.45, 7) is 0. The predicted octanol–water partition coefficient (Wildman–Crippen LogP) is 2.45. The number of phenols is 2. The van der Waals surface area contributed by atoms with E-state index in [-0.39, 0.29) is 33.9 Å². The number of fused-ring (bicyclic) bond motifs is 1. The maximum absolute atomic E-state index is 12.2. The number of hydrogen-bond donors (Lipinski definition) is 3. The first-order chi connectivity index (χ1) is 9.58. The largest absolute Gasteiger partial charge is 0.508 e. The molecule has 0 saturated carbocycles. The summed E-state index contributed by atoms with van der Waals surface area (Å²) in [5, 5.41) is 19.2. The van der Waals surface area contributed by atoms with Crippen molar-refractivity contribution < 1.29 is 14.6 Å². The van der Waals surface area contributed by atoms with Crippen molar-refractivity contribution in [2.24, 2.45) is 0 Å². The van der Waals surface area contributed by atoms with Crippen LogP contribution in [0.2, 0.25) is 0 Å². The summed E-state index contributed by atoms with van der Waals surface area (Å²) in [5.41, 5.74) is 5.93. The lowest BCUT2D eigenvalue weighted by atomic mass is 10.1. The van der Waals surface area contributed by atoms with Crippen LogP contribution in [0.4, 0.5) is 5.69 Å². The summed E-state index contributed by atoms with van der Waals surface area (Å²) in [5.74, 6) is -0.338. The third-order valence-electron chi connectivity index (χ3n) is 3.03. The van der Waals surface area contributed by atoms with Gasteiger partial charge in [-0.05, 0) is 0 Å². The van der Waals surface area contributed by atoms with Crippen LogP contribution >= 0.6 is 0 Å². The Morgan fingerprint density at radius 3 is 2.45 bits per heavy atom. The van der Waals surface area contributed by atoms with E-state index >= 15 is 0 Å². The number of aromatic hydroxyl groups is 2. The molecular weight excluding hydrogens is 258 g/mol. The lowest BCUT2D eigenvalue weighted by Crippen LogP contribution is -2.10. The Morgan fingerprint density at radius 2 is 1.75 bits per heavy atom. The van der Waals surface area contributed by atoms with Gasteiger partial charge in [0.2, 0.25) is 5.43 Å². The van der Waals surface area contributed by atoms with Crippen molar-refractivity contribution in [2.45, 2.75) is 0 Å². The van der Waals surface area contributed by atoms with Crippen molar-refractivity contribution in [3.05, 3.63) is 52.7 Å². The van der Waals surface area contributed by atoms with Gasteiger partial charge in [-0.1, -0.05) is 30.3 Å². The normalized spacial score (nSPS) is 10.8. The number of phenolic OH excluding ortho intramolecular Hbond substituents is 2.